The molecule has 8 aromatic carbocycles. The van der Waals surface area contributed by atoms with Crippen LogP contribution >= 0.6 is 0 Å². The van der Waals surface area contributed by atoms with Crippen molar-refractivity contribution in [2.75, 3.05) is 4.90 Å². The first-order valence-corrected chi connectivity index (χ1v) is 21.1. The zero-order valence-electron chi connectivity index (χ0n) is 33.7. The highest BCUT2D eigenvalue weighted by molar-refractivity contribution is 5.96. The normalized spacial score (nSPS) is 12.9. The Morgan fingerprint density at radius 1 is 0.323 bits per heavy atom. The van der Waals surface area contributed by atoms with Gasteiger partial charge in [0.05, 0.1) is 33.9 Å². The number of hydrogen-bond acceptors (Lipinski definition) is 4. The highest BCUT2D eigenvalue weighted by Gasteiger charge is 2.51. The number of rotatable bonds is 6. The Balaban J connectivity index is 0.984. The second kappa shape index (κ2) is 14.5. The van der Waals surface area contributed by atoms with Crippen molar-refractivity contribution in [2.24, 2.45) is 0 Å². The molecule has 0 radical (unpaired) electrons. The fraction of sp³-hybridized carbons (Fsp3) is 0.0172. The van der Waals surface area contributed by atoms with Crippen molar-refractivity contribution in [1.29, 1.82) is 0 Å². The van der Waals surface area contributed by atoms with E-state index in [1.807, 2.05) is 30.5 Å². The maximum Gasteiger partial charge on any atom is 0.160 e. The summed E-state index contributed by atoms with van der Waals surface area (Å²) in [6.45, 7) is 0. The van der Waals surface area contributed by atoms with Crippen LogP contribution in [0.25, 0.3) is 67.4 Å². The summed E-state index contributed by atoms with van der Waals surface area (Å²) >= 11 is 0. The molecule has 10 aromatic rings. The highest BCUT2D eigenvalue weighted by Crippen LogP contribution is 2.63. The predicted octanol–water partition coefficient (Wildman–Crippen LogP) is 14.4. The molecule has 4 heteroatoms. The number of fused-ring (bicyclic) bond motifs is 9. The van der Waals surface area contributed by atoms with Gasteiger partial charge in [-0.1, -0.05) is 170 Å². The fourth-order valence-corrected chi connectivity index (χ4v) is 9.81. The minimum Gasteiger partial charge on any atom is -0.310 e. The monoisotopic (exact) mass is 790 g/mol. The quantitative estimate of drug-likeness (QED) is 0.168. The molecule has 0 saturated carbocycles. The summed E-state index contributed by atoms with van der Waals surface area (Å²) in [5.41, 5.74) is 19.7. The van der Waals surface area contributed by atoms with Crippen LogP contribution in [0, 0.1) is 0 Å². The van der Waals surface area contributed by atoms with Crippen LogP contribution in [-0.4, -0.2) is 15.0 Å². The van der Waals surface area contributed by atoms with Crippen LogP contribution in [0.5, 0.6) is 0 Å². The number of pyridine rings is 1. The third-order valence-corrected chi connectivity index (χ3v) is 12.5. The number of para-hydroxylation sites is 3. The van der Waals surface area contributed by atoms with Gasteiger partial charge in [0.2, 0.25) is 0 Å². The number of aromatic nitrogens is 3. The Hall–Kier alpha value is -8.21. The predicted molar refractivity (Wildman–Crippen MR) is 253 cm³/mol. The number of benzene rings is 8. The van der Waals surface area contributed by atoms with Crippen molar-refractivity contribution >= 4 is 17.1 Å². The second-order valence-electron chi connectivity index (χ2n) is 16.0. The minimum absolute atomic E-state index is 0.518. The summed E-state index contributed by atoms with van der Waals surface area (Å²) in [4.78, 5) is 17.4. The van der Waals surface area contributed by atoms with Gasteiger partial charge in [0.1, 0.15) is 0 Å². The lowest BCUT2D eigenvalue weighted by Crippen LogP contribution is -2.36. The van der Waals surface area contributed by atoms with E-state index in [2.05, 4.69) is 210 Å². The molecule has 4 nitrogen and oxygen atoms in total. The van der Waals surface area contributed by atoms with E-state index in [1.54, 1.807) is 0 Å². The highest BCUT2D eigenvalue weighted by atomic mass is 15.2. The van der Waals surface area contributed by atoms with Gasteiger partial charge < -0.3 is 4.90 Å². The van der Waals surface area contributed by atoms with Gasteiger partial charge >= 0.3 is 0 Å². The molecule has 0 fully saturated rings. The van der Waals surface area contributed by atoms with Crippen LogP contribution in [0.4, 0.5) is 17.1 Å². The molecule has 0 saturated heterocycles. The van der Waals surface area contributed by atoms with Gasteiger partial charge in [-0.3, -0.25) is 4.98 Å². The standard InChI is InChI=1S/C58H38N4/c1-3-16-40(17-4-1)53-38-54(44-19-15-18-43(36-44)52-26-13-14-35-59-52)61-57(60-53)41-31-29-39(30-32-41)42-33-34-47-46-22-7-8-23-48(46)58(51(47)37-42)49-24-9-11-27-55(49)62(45-20-5-2-6-21-45)56-28-12-10-25-50(56)58/h1-38H. The third kappa shape index (κ3) is 5.65. The molecular weight excluding hydrogens is 753 g/mol. The lowest BCUT2D eigenvalue weighted by molar-refractivity contribution is 0.753. The van der Waals surface area contributed by atoms with E-state index in [-0.39, 0.29) is 0 Å². The minimum atomic E-state index is -0.518. The Bertz CT molecular complexity index is 3240. The van der Waals surface area contributed by atoms with Crippen molar-refractivity contribution in [3.63, 3.8) is 0 Å². The Labute approximate surface area is 361 Å². The van der Waals surface area contributed by atoms with E-state index < -0.39 is 5.41 Å². The smallest absolute Gasteiger partial charge is 0.160 e. The Morgan fingerprint density at radius 3 is 1.58 bits per heavy atom. The molecule has 0 bridgehead atoms. The van der Waals surface area contributed by atoms with Crippen LogP contribution < -0.4 is 4.90 Å². The summed E-state index contributed by atoms with van der Waals surface area (Å²) in [7, 11) is 0. The number of hydrogen-bond donors (Lipinski definition) is 0. The third-order valence-electron chi connectivity index (χ3n) is 12.5. The Kier molecular flexibility index (Phi) is 8.36. The van der Waals surface area contributed by atoms with E-state index in [9.17, 15) is 0 Å². The van der Waals surface area contributed by atoms with Crippen molar-refractivity contribution in [2.45, 2.75) is 5.41 Å². The summed E-state index contributed by atoms with van der Waals surface area (Å²) in [5.74, 6) is 0.679. The molecular formula is C58H38N4. The second-order valence-corrected chi connectivity index (χ2v) is 16.0. The van der Waals surface area contributed by atoms with Crippen LogP contribution in [0.15, 0.2) is 231 Å². The molecule has 2 aliphatic rings. The molecule has 62 heavy (non-hydrogen) atoms. The average molecular weight is 791 g/mol. The van der Waals surface area contributed by atoms with Crippen molar-refractivity contribution in [1.82, 2.24) is 15.0 Å². The molecule has 290 valence electrons. The molecule has 3 heterocycles. The van der Waals surface area contributed by atoms with Crippen LogP contribution in [-0.2, 0) is 5.41 Å². The molecule has 0 atom stereocenters. The van der Waals surface area contributed by atoms with E-state index >= 15 is 0 Å². The number of anilines is 3. The molecule has 0 amide bonds. The largest absolute Gasteiger partial charge is 0.310 e. The molecule has 12 rings (SSSR count). The molecule has 2 aromatic heterocycles. The Morgan fingerprint density at radius 2 is 0.871 bits per heavy atom. The molecule has 1 aliphatic carbocycles. The number of nitrogens with zero attached hydrogens (tertiary/aromatic N) is 4. The first-order chi connectivity index (χ1) is 30.7. The van der Waals surface area contributed by atoms with Gasteiger partial charge in [-0.15, -0.1) is 0 Å². The van der Waals surface area contributed by atoms with Gasteiger partial charge in [0.25, 0.3) is 0 Å². The van der Waals surface area contributed by atoms with Crippen LogP contribution in [0.3, 0.4) is 0 Å². The van der Waals surface area contributed by atoms with Gasteiger partial charge in [0.15, 0.2) is 5.82 Å². The molecule has 0 unspecified atom stereocenters. The summed E-state index contributed by atoms with van der Waals surface area (Å²) in [6.07, 6.45) is 1.83. The van der Waals surface area contributed by atoms with Gasteiger partial charge in [-0.2, -0.15) is 0 Å². The van der Waals surface area contributed by atoms with Gasteiger partial charge in [-0.05, 0) is 99.1 Å². The SMILES string of the molecule is c1ccc(-c2cc(-c3cccc(-c4ccccn4)c3)nc(-c3ccc(-c4ccc5c(c4)C4(c6ccccc6-5)c5ccccc5N(c5ccccc5)c5ccccc54)cc3)n2)cc1. The summed E-state index contributed by atoms with van der Waals surface area (Å²) in [5, 5.41) is 0. The molecule has 1 spiro atoms. The lowest BCUT2D eigenvalue weighted by atomic mass is 9.64. The van der Waals surface area contributed by atoms with E-state index in [4.69, 9.17) is 9.97 Å². The lowest BCUT2D eigenvalue weighted by Gasteiger charge is -2.45. The average Bonchev–Trinajstić information content (AvgIpc) is 3.65. The van der Waals surface area contributed by atoms with Crippen molar-refractivity contribution in [3.05, 3.63) is 253 Å². The molecule has 1 aliphatic heterocycles. The topological polar surface area (TPSA) is 41.9 Å². The van der Waals surface area contributed by atoms with Gasteiger partial charge in [0, 0.05) is 34.1 Å². The maximum atomic E-state index is 5.20. The fourth-order valence-electron chi connectivity index (χ4n) is 9.81. The maximum absolute atomic E-state index is 5.20. The zero-order chi connectivity index (χ0) is 41.0. The van der Waals surface area contributed by atoms with Crippen molar-refractivity contribution in [3.8, 4) is 67.4 Å². The van der Waals surface area contributed by atoms with Gasteiger partial charge in [-0.25, -0.2) is 9.97 Å². The summed E-state index contributed by atoms with van der Waals surface area (Å²) < 4.78 is 0. The van der Waals surface area contributed by atoms with E-state index in [1.165, 1.54) is 44.8 Å². The summed E-state index contributed by atoms with van der Waals surface area (Å²) in [6, 6.07) is 80.3. The molecule has 0 N–H and O–H groups in total. The zero-order valence-corrected chi connectivity index (χ0v) is 33.7. The van der Waals surface area contributed by atoms with Crippen LogP contribution in [0.1, 0.15) is 22.3 Å². The van der Waals surface area contributed by atoms with E-state index in [0.717, 1.165) is 56.1 Å². The van der Waals surface area contributed by atoms with E-state index in [0.29, 0.717) is 5.82 Å². The van der Waals surface area contributed by atoms with Crippen LogP contribution in [0.2, 0.25) is 0 Å². The first-order valence-electron chi connectivity index (χ1n) is 21.1. The first kappa shape index (κ1) is 35.7. The van der Waals surface area contributed by atoms with Crippen molar-refractivity contribution < 1.29 is 0 Å².